The maximum absolute atomic E-state index is 12.1. The standard InChI is InChI=1S/C12H14ClF3O3/c1-18-9-4-3-7(10(13)11(9)19-2)8(17)5-6-12(14,15)16/h3-4,8,17H,5-6H2,1-2H3. The molecule has 1 aromatic carbocycles. The van der Waals surface area contributed by atoms with Gasteiger partial charge in [-0.1, -0.05) is 17.7 Å². The molecule has 1 aromatic rings. The van der Waals surface area contributed by atoms with Gasteiger partial charge in [0.25, 0.3) is 0 Å². The van der Waals surface area contributed by atoms with Crippen LogP contribution in [0.25, 0.3) is 0 Å². The number of aliphatic hydroxyl groups is 1. The molecule has 3 nitrogen and oxygen atoms in total. The Morgan fingerprint density at radius 3 is 2.37 bits per heavy atom. The van der Waals surface area contributed by atoms with Crippen LogP contribution in [0.2, 0.25) is 5.02 Å². The number of rotatable bonds is 5. The number of halogens is 4. The number of alkyl halides is 3. The molecule has 19 heavy (non-hydrogen) atoms. The van der Waals surface area contributed by atoms with Gasteiger partial charge in [0.05, 0.1) is 25.3 Å². The largest absolute Gasteiger partial charge is 0.493 e. The van der Waals surface area contributed by atoms with E-state index in [4.69, 9.17) is 21.1 Å². The second-order valence-electron chi connectivity index (χ2n) is 3.87. The van der Waals surface area contributed by atoms with E-state index in [0.717, 1.165) is 0 Å². The van der Waals surface area contributed by atoms with Crippen LogP contribution in [0, 0.1) is 0 Å². The minimum atomic E-state index is -4.32. The lowest BCUT2D eigenvalue weighted by atomic mass is 10.0. The lowest BCUT2D eigenvalue weighted by Crippen LogP contribution is -2.10. The van der Waals surface area contributed by atoms with Gasteiger partial charge in [0.1, 0.15) is 0 Å². The van der Waals surface area contributed by atoms with Gasteiger partial charge in [-0.25, -0.2) is 0 Å². The highest BCUT2D eigenvalue weighted by Gasteiger charge is 2.29. The molecular weight excluding hydrogens is 285 g/mol. The molecule has 1 rings (SSSR count). The number of methoxy groups -OCH3 is 2. The summed E-state index contributed by atoms with van der Waals surface area (Å²) in [4.78, 5) is 0. The van der Waals surface area contributed by atoms with Crippen molar-refractivity contribution in [1.82, 2.24) is 0 Å². The zero-order valence-corrected chi connectivity index (χ0v) is 11.2. The van der Waals surface area contributed by atoms with Gasteiger partial charge in [-0.3, -0.25) is 0 Å². The molecule has 0 saturated heterocycles. The monoisotopic (exact) mass is 298 g/mol. The van der Waals surface area contributed by atoms with Crippen LogP contribution in [0.5, 0.6) is 11.5 Å². The Hall–Kier alpha value is -1.14. The van der Waals surface area contributed by atoms with Gasteiger partial charge in [0.15, 0.2) is 11.5 Å². The summed E-state index contributed by atoms with van der Waals surface area (Å²) in [7, 11) is 2.77. The summed E-state index contributed by atoms with van der Waals surface area (Å²) in [5.74, 6) is 0.534. The lowest BCUT2D eigenvalue weighted by molar-refractivity contribution is -0.140. The molecule has 0 aromatic heterocycles. The predicted molar refractivity (Wildman–Crippen MR) is 64.8 cm³/mol. The Balaban J connectivity index is 2.95. The van der Waals surface area contributed by atoms with E-state index in [0.29, 0.717) is 5.75 Å². The Bertz CT molecular complexity index is 435. The molecule has 0 heterocycles. The number of aliphatic hydroxyl groups excluding tert-OH is 1. The average Bonchev–Trinajstić information content (AvgIpc) is 2.34. The van der Waals surface area contributed by atoms with Gasteiger partial charge in [0, 0.05) is 12.0 Å². The van der Waals surface area contributed by atoms with Gasteiger partial charge in [-0.05, 0) is 12.5 Å². The SMILES string of the molecule is COc1ccc(C(O)CCC(F)(F)F)c(Cl)c1OC. The van der Waals surface area contributed by atoms with Crippen LogP contribution in [-0.4, -0.2) is 25.5 Å². The first-order valence-electron chi connectivity index (χ1n) is 5.45. The summed E-state index contributed by atoms with van der Waals surface area (Å²) in [5, 5.41) is 9.82. The average molecular weight is 299 g/mol. The zero-order valence-electron chi connectivity index (χ0n) is 10.4. The second kappa shape index (κ2) is 6.34. The van der Waals surface area contributed by atoms with E-state index in [9.17, 15) is 18.3 Å². The molecule has 0 radical (unpaired) electrons. The molecule has 0 aliphatic rings. The summed E-state index contributed by atoms with van der Waals surface area (Å²) in [6.07, 6.45) is -7.17. The maximum Gasteiger partial charge on any atom is 0.389 e. The molecule has 1 atom stereocenters. The Kier molecular flexibility index (Phi) is 5.31. The normalized spacial score (nSPS) is 13.2. The van der Waals surface area contributed by atoms with Crippen molar-refractivity contribution < 1.29 is 27.8 Å². The first kappa shape index (κ1) is 15.9. The van der Waals surface area contributed by atoms with Crippen LogP contribution in [0.4, 0.5) is 13.2 Å². The third-order valence-electron chi connectivity index (χ3n) is 2.58. The zero-order chi connectivity index (χ0) is 14.6. The van der Waals surface area contributed by atoms with Crippen LogP contribution >= 0.6 is 11.6 Å². The quantitative estimate of drug-likeness (QED) is 0.900. The van der Waals surface area contributed by atoms with Crippen LogP contribution in [0.3, 0.4) is 0 Å². The molecule has 7 heteroatoms. The molecular formula is C12H14ClF3O3. The fourth-order valence-electron chi connectivity index (χ4n) is 1.62. The van der Waals surface area contributed by atoms with Crippen molar-refractivity contribution in [2.45, 2.75) is 25.1 Å². The van der Waals surface area contributed by atoms with Crippen molar-refractivity contribution in [3.8, 4) is 11.5 Å². The Labute approximate surface area is 113 Å². The third kappa shape index (κ3) is 4.18. The highest BCUT2D eigenvalue weighted by molar-refractivity contribution is 6.33. The molecule has 0 spiro atoms. The minimum absolute atomic E-state index is 0.0523. The van der Waals surface area contributed by atoms with Gasteiger partial charge in [-0.2, -0.15) is 13.2 Å². The third-order valence-corrected chi connectivity index (χ3v) is 2.97. The van der Waals surface area contributed by atoms with E-state index in [1.807, 2.05) is 0 Å². The molecule has 1 unspecified atom stereocenters. The fraction of sp³-hybridized carbons (Fsp3) is 0.500. The number of ether oxygens (including phenoxy) is 2. The second-order valence-corrected chi connectivity index (χ2v) is 4.25. The molecule has 1 N–H and O–H groups in total. The van der Waals surface area contributed by atoms with Crippen LogP contribution < -0.4 is 9.47 Å². The Morgan fingerprint density at radius 1 is 1.26 bits per heavy atom. The topological polar surface area (TPSA) is 38.7 Å². The van der Waals surface area contributed by atoms with Gasteiger partial charge in [-0.15, -0.1) is 0 Å². The van der Waals surface area contributed by atoms with E-state index in [1.165, 1.54) is 26.4 Å². The van der Waals surface area contributed by atoms with Crippen LogP contribution in [0.1, 0.15) is 24.5 Å². The molecule has 0 amide bonds. The molecule has 0 aliphatic heterocycles. The van der Waals surface area contributed by atoms with Crippen molar-refractivity contribution in [1.29, 1.82) is 0 Å². The predicted octanol–water partition coefficient (Wildman–Crippen LogP) is 3.73. The first-order chi connectivity index (χ1) is 8.80. The molecule has 0 fully saturated rings. The maximum atomic E-state index is 12.1. The van der Waals surface area contributed by atoms with Crippen molar-refractivity contribution in [3.63, 3.8) is 0 Å². The van der Waals surface area contributed by atoms with Crippen LogP contribution in [-0.2, 0) is 0 Å². The molecule has 0 bridgehead atoms. The molecule has 108 valence electrons. The van der Waals surface area contributed by atoms with Gasteiger partial charge >= 0.3 is 6.18 Å². The van der Waals surface area contributed by atoms with E-state index in [-0.39, 0.29) is 16.3 Å². The lowest BCUT2D eigenvalue weighted by Gasteiger charge is -2.17. The number of hydrogen-bond donors (Lipinski definition) is 1. The smallest absolute Gasteiger partial charge is 0.389 e. The fourth-order valence-corrected chi connectivity index (χ4v) is 1.98. The molecule has 0 aliphatic carbocycles. The summed E-state index contributed by atoms with van der Waals surface area (Å²) in [5.41, 5.74) is 0.184. The minimum Gasteiger partial charge on any atom is -0.493 e. The Morgan fingerprint density at radius 2 is 1.89 bits per heavy atom. The highest BCUT2D eigenvalue weighted by Crippen LogP contribution is 2.41. The van der Waals surface area contributed by atoms with E-state index in [2.05, 4.69) is 0 Å². The van der Waals surface area contributed by atoms with Crippen molar-refractivity contribution >= 4 is 11.6 Å². The van der Waals surface area contributed by atoms with Gasteiger partial charge in [0.2, 0.25) is 0 Å². The summed E-state index contributed by atoms with van der Waals surface area (Å²) in [6, 6.07) is 2.90. The summed E-state index contributed by atoms with van der Waals surface area (Å²) >= 11 is 5.99. The first-order valence-corrected chi connectivity index (χ1v) is 5.83. The van der Waals surface area contributed by atoms with E-state index in [1.54, 1.807) is 0 Å². The number of hydrogen-bond acceptors (Lipinski definition) is 3. The van der Waals surface area contributed by atoms with E-state index < -0.39 is 25.1 Å². The highest BCUT2D eigenvalue weighted by atomic mass is 35.5. The van der Waals surface area contributed by atoms with E-state index >= 15 is 0 Å². The van der Waals surface area contributed by atoms with Gasteiger partial charge < -0.3 is 14.6 Å². The van der Waals surface area contributed by atoms with Crippen molar-refractivity contribution in [2.75, 3.05) is 14.2 Å². The van der Waals surface area contributed by atoms with Crippen molar-refractivity contribution in [2.24, 2.45) is 0 Å². The van der Waals surface area contributed by atoms with Crippen LogP contribution in [0.15, 0.2) is 12.1 Å². The van der Waals surface area contributed by atoms with Crippen molar-refractivity contribution in [3.05, 3.63) is 22.7 Å². The number of benzene rings is 1. The summed E-state index contributed by atoms with van der Waals surface area (Å²) < 4.78 is 46.3. The summed E-state index contributed by atoms with van der Waals surface area (Å²) in [6.45, 7) is 0. The molecule has 0 saturated carbocycles.